The highest BCUT2D eigenvalue weighted by Crippen LogP contribution is 2.25. The minimum atomic E-state index is -3.69. The van der Waals surface area contributed by atoms with Crippen molar-refractivity contribution >= 4 is 20.6 Å². The van der Waals surface area contributed by atoms with Crippen molar-refractivity contribution in [3.05, 3.63) is 66.2 Å². The zero-order chi connectivity index (χ0) is 13.0. The Morgan fingerprint density at radius 2 is 1.39 bits per heavy atom. The Labute approximate surface area is 106 Å². The molecule has 0 spiro atoms. The second kappa shape index (κ2) is 5.00. The molecule has 2 aromatic rings. The lowest BCUT2D eigenvalue weighted by atomic mass is 10.2. The van der Waals surface area contributed by atoms with Crippen molar-refractivity contribution in [2.24, 2.45) is 0 Å². The minimum Gasteiger partial charge on any atom is -0.258 e. The van der Waals surface area contributed by atoms with Gasteiger partial charge in [0.25, 0.3) is 0 Å². The third-order valence-corrected chi connectivity index (χ3v) is 4.24. The molecule has 0 aromatic heterocycles. The molecule has 0 amide bonds. The summed E-state index contributed by atoms with van der Waals surface area (Å²) >= 11 is 0. The van der Waals surface area contributed by atoms with Crippen molar-refractivity contribution in [3.63, 3.8) is 0 Å². The Hall–Kier alpha value is -2.16. The molecule has 0 heterocycles. The van der Waals surface area contributed by atoms with Crippen LogP contribution in [0.4, 0.5) is 0 Å². The van der Waals surface area contributed by atoms with E-state index in [1.807, 2.05) is 5.87 Å². The lowest BCUT2D eigenvalue weighted by Gasteiger charge is -2.06. The molecular weight excluding hydrogens is 246 g/mol. The van der Waals surface area contributed by atoms with E-state index >= 15 is 0 Å². The normalized spacial score (nSPS) is 10.7. The van der Waals surface area contributed by atoms with Crippen LogP contribution in [0.5, 0.6) is 0 Å². The van der Waals surface area contributed by atoms with E-state index in [1.54, 1.807) is 48.5 Å². The number of hydrogen-bond donors (Lipinski definition) is 1. The summed E-state index contributed by atoms with van der Waals surface area (Å²) in [7, 11) is -3.69. The van der Waals surface area contributed by atoms with Crippen LogP contribution in [0.15, 0.2) is 65.6 Å². The lowest BCUT2D eigenvalue weighted by Crippen LogP contribution is -2.04. The molecular formula is C14H11NO2S. The van der Waals surface area contributed by atoms with Gasteiger partial charge in [0.05, 0.1) is 4.90 Å². The van der Waals surface area contributed by atoms with Crippen molar-refractivity contribution in [1.82, 2.24) is 0 Å². The van der Waals surface area contributed by atoms with E-state index in [1.165, 1.54) is 12.1 Å². The molecule has 0 unspecified atom stereocenters. The van der Waals surface area contributed by atoms with Gasteiger partial charge < -0.3 is 0 Å². The first-order chi connectivity index (χ1) is 8.66. The summed E-state index contributed by atoms with van der Waals surface area (Å²) in [5.74, 6) is 2.04. The van der Waals surface area contributed by atoms with Gasteiger partial charge in [-0.2, -0.15) is 0 Å². The minimum absolute atomic E-state index is 0.116. The molecule has 18 heavy (non-hydrogen) atoms. The SMILES string of the molecule is N=C=C(c1ccccc1)S(=O)(=O)c1ccccc1. The third kappa shape index (κ3) is 2.25. The molecule has 0 aliphatic carbocycles. The first-order valence-electron chi connectivity index (χ1n) is 5.31. The summed E-state index contributed by atoms with van der Waals surface area (Å²) in [5, 5.41) is 7.24. The van der Waals surface area contributed by atoms with Crippen molar-refractivity contribution in [2.45, 2.75) is 4.90 Å². The van der Waals surface area contributed by atoms with Gasteiger partial charge in [0.2, 0.25) is 9.84 Å². The molecule has 4 heteroatoms. The Morgan fingerprint density at radius 1 is 0.889 bits per heavy atom. The fraction of sp³-hybridized carbons (Fsp3) is 0. The molecule has 0 atom stereocenters. The van der Waals surface area contributed by atoms with Crippen molar-refractivity contribution < 1.29 is 8.42 Å². The van der Waals surface area contributed by atoms with E-state index < -0.39 is 9.84 Å². The summed E-state index contributed by atoms with van der Waals surface area (Å²) in [5.41, 5.74) is 0.469. The Morgan fingerprint density at radius 3 is 1.89 bits per heavy atom. The monoisotopic (exact) mass is 257 g/mol. The largest absolute Gasteiger partial charge is 0.258 e. The molecule has 2 rings (SSSR count). The van der Waals surface area contributed by atoms with Crippen molar-refractivity contribution in [3.8, 4) is 0 Å². The highest BCUT2D eigenvalue weighted by atomic mass is 32.2. The topological polar surface area (TPSA) is 58.0 Å². The standard InChI is InChI=1S/C14H11NO2S/c15-11-14(12-7-3-1-4-8-12)18(16,17)13-9-5-2-6-10-13/h1-10,15H. The summed E-state index contributed by atoms with van der Waals surface area (Å²) in [6.45, 7) is 0. The van der Waals surface area contributed by atoms with Crippen molar-refractivity contribution in [1.29, 1.82) is 5.41 Å². The number of benzene rings is 2. The molecule has 0 bridgehead atoms. The molecule has 0 saturated carbocycles. The van der Waals surface area contributed by atoms with Crippen molar-refractivity contribution in [2.75, 3.05) is 0 Å². The van der Waals surface area contributed by atoms with Gasteiger partial charge in [-0.15, -0.1) is 0 Å². The second-order valence-electron chi connectivity index (χ2n) is 3.64. The fourth-order valence-electron chi connectivity index (χ4n) is 1.60. The molecule has 1 N–H and O–H groups in total. The number of hydrogen-bond acceptors (Lipinski definition) is 3. The van der Waals surface area contributed by atoms with Gasteiger partial charge in [-0.25, -0.2) is 8.42 Å². The van der Waals surface area contributed by atoms with E-state index in [0.717, 1.165) is 0 Å². The van der Waals surface area contributed by atoms with Crippen LogP contribution in [-0.2, 0) is 9.84 Å². The summed E-state index contributed by atoms with van der Waals surface area (Å²) in [4.78, 5) is 0.0536. The van der Waals surface area contributed by atoms with Gasteiger partial charge in [-0.05, 0) is 18.0 Å². The average Bonchev–Trinajstić information content (AvgIpc) is 2.41. The zero-order valence-electron chi connectivity index (χ0n) is 9.50. The van der Waals surface area contributed by atoms with Crippen LogP contribution < -0.4 is 0 Å². The predicted octanol–water partition coefficient (Wildman–Crippen LogP) is 2.75. The zero-order valence-corrected chi connectivity index (χ0v) is 10.3. The van der Waals surface area contributed by atoms with Crippen LogP contribution in [0, 0.1) is 5.41 Å². The average molecular weight is 257 g/mol. The van der Waals surface area contributed by atoms with Gasteiger partial charge in [0, 0.05) is 5.56 Å². The van der Waals surface area contributed by atoms with Gasteiger partial charge >= 0.3 is 0 Å². The van der Waals surface area contributed by atoms with E-state index in [2.05, 4.69) is 0 Å². The van der Waals surface area contributed by atoms with E-state index in [0.29, 0.717) is 5.56 Å². The first kappa shape index (κ1) is 12.3. The highest BCUT2D eigenvalue weighted by Gasteiger charge is 2.21. The third-order valence-electron chi connectivity index (χ3n) is 2.47. The number of nitrogens with one attached hydrogen (secondary N) is 1. The van der Waals surface area contributed by atoms with Crippen LogP contribution in [0.3, 0.4) is 0 Å². The molecule has 0 radical (unpaired) electrons. The summed E-state index contributed by atoms with van der Waals surface area (Å²) in [6, 6.07) is 16.6. The Balaban J connectivity index is 2.58. The van der Waals surface area contributed by atoms with Gasteiger partial charge in [0.1, 0.15) is 4.91 Å². The summed E-state index contributed by atoms with van der Waals surface area (Å²) < 4.78 is 24.7. The van der Waals surface area contributed by atoms with Crippen LogP contribution >= 0.6 is 0 Å². The lowest BCUT2D eigenvalue weighted by molar-refractivity contribution is 0.606. The maximum absolute atomic E-state index is 12.3. The summed E-state index contributed by atoms with van der Waals surface area (Å²) in [6.07, 6.45) is 0. The maximum atomic E-state index is 12.3. The maximum Gasteiger partial charge on any atom is 0.216 e. The van der Waals surface area contributed by atoms with Crippen LogP contribution in [0.1, 0.15) is 5.56 Å². The fourth-order valence-corrected chi connectivity index (χ4v) is 2.93. The van der Waals surface area contributed by atoms with Crippen LogP contribution in [0.2, 0.25) is 0 Å². The predicted molar refractivity (Wildman–Crippen MR) is 71.2 cm³/mol. The second-order valence-corrected chi connectivity index (χ2v) is 5.52. The quantitative estimate of drug-likeness (QED) is 0.859. The Kier molecular flexibility index (Phi) is 3.42. The Bertz CT molecular complexity index is 685. The highest BCUT2D eigenvalue weighted by molar-refractivity contribution is 8.01. The molecule has 0 fully saturated rings. The van der Waals surface area contributed by atoms with E-state index in [4.69, 9.17) is 5.41 Å². The first-order valence-corrected chi connectivity index (χ1v) is 6.80. The van der Waals surface area contributed by atoms with Crippen LogP contribution in [0.25, 0.3) is 4.91 Å². The number of rotatable bonds is 3. The van der Waals surface area contributed by atoms with Gasteiger partial charge in [0.15, 0.2) is 0 Å². The van der Waals surface area contributed by atoms with Gasteiger partial charge in [-0.1, -0.05) is 48.5 Å². The molecule has 0 aliphatic heterocycles. The molecule has 90 valence electrons. The number of sulfone groups is 1. The smallest absolute Gasteiger partial charge is 0.216 e. The molecule has 2 aromatic carbocycles. The van der Waals surface area contributed by atoms with E-state index in [9.17, 15) is 8.42 Å². The molecule has 3 nitrogen and oxygen atoms in total. The molecule has 0 aliphatic rings. The van der Waals surface area contributed by atoms with Gasteiger partial charge in [-0.3, -0.25) is 5.41 Å². The van der Waals surface area contributed by atoms with E-state index in [-0.39, 0.29) is 9.80 Å². The van der Waals surface area contributed by atoms with Crippen LogP contribution in [-0.4, -0.2) is 14.3 Å². The molecule has 0 saturated heterocycles.